The standard InChI is InChI=1S/C18H16FN6O5S/c1-10(26)20-11-7-8-14(30-2)13(9-11)22-18-24-16(19)23-17(25-18)21-12-5-3-4-6-15(12)31(27,28)29/h3-6,8-9H,1-2H3,(H,20,26)(H,27,28,29)(H2,21,22,23,24,25). The fraction of sp³-hybridized carbons (Fsp3) is 0.111. The second-order valence-electron chi connectivity index (χ2n) is 5.98. The van der Waals surface area contributed by atoms with E-state index in [1.807, 2.05) is 0 Å². The number of hydrogen-bond acceptors (Lipinski definition) is 9. The lowest BCUT2D eigenvalue weighted by atomic mass is 10.2. The van der Waals surface area contributed by atoms with Gasteiger partial charge in [0, 0.05) is 13.0 Å². The average Bonchev–Trinajstić information content (AvgIpc) is 2.67. The summed E-state index contributed by atoms with van der Waals surface area (Å²) in [6.45, 7) is 1.33. The summed E-state index contributed by atoms with van der Waals surface area (Å²) in [6.07, 6.45) is -1.16. The van der Waals surface area contributed by atoms with Gasteiger partial charge in [0.05, 0.1) is 24.2 Å². The molecule has 31 heavy (non-hydrogen) atoms. The van der Waals surface area contributed by atoms with Crippen LogP contribution in [0.1, 0.15) is 6.92 Å². The van der Waals surface area contributed by atoms with E-state index in [1.165, 1.54) is 44.4 Å². The number of nitrogens with zero attached hydrogens (tertiary/aromatic N) is 3. The number of methoxy groups -OCH3 is 1. The van der Waals surface area contributed by atoms with E-state index >= 15 is 0 Å². The first kappa shape index (κ1) is 21.9. The monoisotopic (exact) mass is 447 g/mol. The predicted molar refractivity (Wildman–Crippen MR) is 109 cm³/mol. The highest BCUT2D eigenvalue weighted by atomic mass is 32.2. The maximum absolute atomic E-state index is 14.0. The quantitative estimate of drug-likeness (QED) is 0.397. The molecule has 0 aliphatic heterocycles. The molecule has 0 saturated heterocycles. The first-order valence-corrected chi connectivity index (χ1v) is 9.99. The molecule has 0 spiro atoms. The third-order valence-electron chi connectivity index (χ3n) is 3.71. The Morgan fingerprint density at radius 1 is 1.13 bits per heavy atom. The maximum atomic E-state index is 14.0. The molecule has 13 heteroatoms. The normalized spacial score (nSPS) is 11.0. The van der Waals surface area contributed by atoms with Crippen molar-refractivity contribution in [3.63, 3.8) is 0 Å². The molecule has 1 radical (unpaired) electrons. The summed E-state index contributed by atoms with van der Waals surface area (Å²) in [4.78, 5) is 21.9. The lowest BCUT2D eigenvalue weighted by Crippen LogP contribution is -2.09. The van der Waals surface area contributed by atoms with Gasteiger partial charge in [-0.1, -0.05) is 12.1 Å². The van der Waals surface area contributed by atoms with Gasteiger partial charge in [0.15, 0.2) is 0 Å². The minimum Gasteiger partial charge on any atom is -0.495 e. The predicted octanol–water partition coefficient (Wildman–Crippen LogP) is 2.51. The van der Waals surface area contributed by atoms with Crippen molar-refractivity contribution in [2.24, 2.45) is 0 Å². The SMILES string of the molecule is COc1c[c]c(NC(C)=O)cc1Nc1nc(F)nc(Nc2ccccc2S(=O)(=O)O)n1. The number of anilines is 5. The Kier molecular flexibility index (Phi) is 6.27. The fourth-order valence-corrected chi connectivity index (χ4v) is 3.15. The minimum absolute atomic E-state index is 0.0682. The van der Waals surface area contributed by atoms with Gasteiger partial charge in [0.2, 0.25) is 17.8 Å². The molecular weight excluding hydrogens is 431 g/mol. The topological polar surface area (TPSA) is 155 Å². The van der Waals surface area contributed by atoms with E-state index in [9.17, 15) is 22.2 Å². The molecule has 0 aliphatic carbocycles. The van der Waals surface area contributed by atoms with Gasteiger partial charge in [-0.25, -0.2) is 0 Å². The molecule has 4 N–H and O–H groups in total. The summed E-state index contributed by atoms with van der Waals surface area (Å²) in [5.41, 5.74) is 0.548. The average molecular weight is 447 g/mol. The molecule has 0 fully saturated rings. The van der Waals surface area contributed by atoms with Gasteiger partial charge >= 0.3 is 6.08 Å². The van der Waals surface area contributed by atoms with Crippen molar-refractivity contribution in [1.29, 1.82) is 0 Å². The summed E-state index contributed by atoms with van der Waals surface area (Å²) >= 11 is 0. The highest BCUT2D eigenvalue weighted by Gasteiger charge is 2.17. The number of nitrogens with one attached hydrogen (secondary N) is 3. The summed E-state index contributed by atoms with van der Waals surface area (Å²) in [7, 11) is -3.14. The van der Waals surface area contributed by atoms with Crippen LogP contribution in [0.2, 0.25) is 0 Å². The number of carbonyl (C=O) groups is 1. The number of para-hydroxylation sites is 1. The van der Waals surface area contributed by atoms with Gasteiger partial charge in [-0.05, 0) is 24.3 Å². The van der Waals surface area contributed by atoms with Crippen LogP contribution < -0.4 is 20.7 Å². The molecular formula is C18H16FN6O5S. The molecule has 1 amide bonds. The molecule has 0 unspecified atom stereocenters. The largest absolute Gasteiger partial charge is 0.495 e. The molecule has 2 aromatic carbocycles. The number of carbonyl (C=O) groups excluding carboxylic acids is 1. The van der Waals surface area contributed by atoms with Crippen molar-refractivity contribution in [3.05, 3.63) is 48.5 Å². The molecule has 3 aromatic rings. The number of amides is 1. The van der Waals surface area contributed by atoms with E-state index in [-0.39, 0.29) is 23.5 Å². The van der Waals surface area contributed by atoms with E-state index in [1.54, 1.807) is 0 Å². The van der Waals surface area contributed by atoms with Crippen LogP contribution in [0, 0.1) is 12.1 Å². The summed E-state index contributed by atoms with van der Waals surface area (Å²) < 4.78 is 51.6. The summed E-state index contributed by atoms with van der Waals surface area (Å²) in [5, 5.41) is 7.83. The van der Waals surface area contributed by atoms with Gasteiger partial charge in [0.1, 0.15) is 10.6 Å². The molecule has 0 aliphatic rings. The fourth-order valence-electron chi connectivity index (χ4n) is 2.50. The Morgan fingerprint density at radius 2 is 1.77 bits per heavy atom. The van der Waals surface area contributed by atoms with E-state index < -0.39 is 21.1 Å². The summed E-state index contributed by atoms with van der Waals surface area (Å²) in [5.74, 6) is -0.573. The van der Waals surface area contributed by atoms with E-state index in [2.05, 4.69) is 37.0 Å². The molecule has 0 bridgehead atoms. The Hall–Kier alpha value is -3.84. The van der Waals surface area contributed by atoms with Gasteiger partial charge in [-0.15, -0.1) is 0 Å². The van der Waals surface area contributed by atoms with Crippen LogP contribution in [0.15, 0.2) is 41.3 Å². The Labute approximate surface area is 176 Å². The Balaban J connectivity index is 1.94. The van der Waals surface area contributed by atoms with Crippen LogP contribution in [-0.4, -0.2) is 40.9 Å². The van der Waals surface area contributed by atoms with Gasteiger partial charge in [-0.2, -0.15) is 27.8 Å². The van der Waals surface area contributed by atoms with E-state index in [0.29, 0.717) is 17.1 Å². The lowest BCUT2D eigenvalue weighted by molar-refractivity contribution is -0.114. The Morgan fingerprint density at radius 3 is 2.39 bits per heavy atom. The third-order valence-corrected chi connectivity index (χ3v) is 4.62. The van der Waals surface area contributed by atoms with Crippen LogP contribution in [0.5, 0.6) is 5.75 Å². The molecule has 11 nitrogen and oxygen atoms in total. The molecule has 161 valence electrons. The first-order valence-electron chi connectivity index (χ1n) is 8.55. The minimum atomic E-state index is -4.54. The number of hydrogen-bond donors (Lipinski definition) is 4. The molecule has 3 rings (SSSR count). The number of rotatable bonds is 7. The van der Waals surface area contributed by atoms with E-state index in [4.69, 9.17) is 4.74 Å². The second kappa shape index (κ2) is 8.89. The number of ether oxygens (including phenoxy) is 1. The summed E-state index contributed by atoms with van der Waals surface area (Å²) in [6, 6.07) is 11.1. The van der Waals surface area contributed by atoms with Crippen molar-refractivity contribution in [2.75, 3.05) is 23.1 Å². The van der Waals surface area contributed by atoms with Crippen LogP contribution in [0.4, 0.5) is 33.3 Å². The van der Waals surface area contributed by atoms with Crippen molar-refractivity contribution in [3.8, 4) is 5.75 Å². The van der Waals surface area contributed by atoms with Crippen LogP contribution in [0.3, 0.4) is 0 Å². The molecule has 1 aromatic heterocycles. The zero-order valence-electron chi connectivity index (χ0n) is 16.2. The van der Waals surface area contributed by atoms with Crippen molar-refractivity contribution >= 4 is 45.0 Å². The number of halogens is 1. The van der Waals surface area contributed by atoms with Crippen molar-refractivity contribution in [1.82, 2.24) is 15.0 Å². The molecule has 1 heterocycles. The van der Waals surface area contributed by atoms with Gasteiger partial charge in [0.25, 0.3) is 10.1 Å². The number of benzene rings is 2. The van der Waals surface area contributed by atoms with E-state index in [0.717, 1.165) is 6.07 Å². The smallest absolute Gasteiger partial charge is 0.315 e. The molecule has 0 saturated carbocycles. The van der Waals surface area contributed by atoms with Crippen molar-refractivity contribution in [2.45, 2.75) is 11.8 Å². The highest BCUT2D eigenvalue weighted by molar-refractivity contribution is 7.86. The maximum Gasteiger partial charge on any atom is 0.315 e. The van der Waals surface area contributed by atoms with Gasteiger partial charge in [-0.3, -0.25) is 9.35 Å². The first-order chi connectivity index (χ1) is 14.7. The number of aromatic nitrogens is 3. The molecule has 0 atom stereocenters. The van der Waals surface area contributed by atoms with Crippen LogP contribution >= 0.6 is 0 Å². The zero-order chi connectivity index (χ0) is 22.6. The lowest BCUT2D eigenvalue weighted by Gasteiger charge is -2.13. The highest BCUT2D eigenvalue weighted by Crippen LogP contribution is 2.30. The second-order valence-corrected chi connectivity index (χ2v) is 7.37. The van der Waals surface area contributed by atoms with Gasteiger partial charge < -0.3 is 20.7 Å². The zero-order valence-corrected chi connectivity index (χ0v) is 17.0. The Bertz CT molecular complexity index is 1240. The van der Waals surface area contributed by atoms with Crippen LogP contribution in [-0.2, 0) is 14.9 Å². The van der Waals surface area contributed by atoms with Crippen LogP contribution in [0.25, 0.3) is 0 Å². The van der Waals surface area contributed by atoms with Crippen molar-refractivity contribution < 1.29 is 26.9 Å². The third kappa shape index (κ3) is 5.61.